The first kappa shape index (κ1) is 21.5. The van der Waals surface area contributed by atoms with Crippen molar-refractivity contribution in [3.63, 3.8) is 0 Å². The van der Waals surface area contributed by atoms with E-state index in [4.69, 9.17) is 4.74 Å². The predicted molar refractivity (Wildman–Crippen MR) is 134 cm³/mol. The lowest BCUT2D eigenvalue weighted by molar-refractivity contribution is 0.0408. The Morgan fingerprint density at radius 1 is 1.19 bits per heavy atom. The van der Waals surface area contributed by atoms with Gasteiger partial charge in [-0.3, -0.25) is 4.90 Å². The first-order valence-corrected chi connectivity index (χ1v) is 12.6. The highest BCUT2D eigenvalue weighted by Gasteiger charge is 2.29. The van der Waals surface area contributed by atoms with Gasteiger partial charge in [0.25, 0.3) is 0 Å². The molecule has 0 amide bonds. The fourth-order valence-electron chi connectivity index (χ4n) is 5.09. The zero-order chi connectivity index (χ0) is 22.1. The number of fused-ring (bicyclic) bond motifs is 2. The molecule has 2 aromatic heterocycles. The van der Waals surface area contributed by atoms with Crippen molar-refractivity contribution in [3.8, 4) is 5.75 Å². The van der Waals surface area contributed by atoms with Crippen molar-refractivity contribution < 1.29 is 9.84 Å². The van der Waals surface area contributed by atoms with Gasteiger partial charge in [0.2, 0.25) is 0 Å². The van der Waals surface area contributed by atoms with Crippen LogP contribution in [-0.2, 0) is 6.42 Å². The number of piperidine rings is 1. The van der Waals surface area contributed by atoms with Crippen LogP contribution in [0.4, 0.5) is 0 Å². The molecule has 0 saturated carbocycles. The summed E-state index contributed by atoms with van der Waals surface area (Å²) in [6, 6.07) is 17.6. The van der Waals surface area contributed by atoms with Crippen LogP contribution in [0.5, 0.6) is 5.75 Å². The largest absolute Gasteiger partial charge is 0.490 e. The van der Waals surface area contributed by atoms with E-state index < -0.39 is 6.10 Å². The maximum Gasteiger partial charge on any atom is 0.128 e. The number of thiophene rings is 1. The monoisotopic (exact) mass is 448 g/mol. The van der Waals surface area contributed by atoms with Crippen LogP contribution >= 0.6 is 11.3 Å². The fraction of sp³-hybridized carbons (Fsp3) is 0.407. The molecule has 4 nitrogen and oxygen atoms in total. The fourth-order valence-corrected chi connectivity index (χ4v) is 6.35. The van der Waals surface area contributed by atoms with E-state index in [1.165, 1.54) is 20.5 Å². The van der Waals surface area contributed by atoms with E-state index in [1.54, 1.807) is 0 Å². The minimum atomic E-state index is -0.500. The second-order valence-electron chi connectivity index (χ2n) is 9.06. The average molecular weight is 449 g/mol. The molecule has 1 aliphatic heterocycles. The molecular weight excluding hydrogens is 416 g/mol. The molecule has 3 atom stereocenters. The van der Waals surface area contributed by atoms with E-state index in [2.05, 4.69) is 48.0 Å². The van der Waals surface area contributed by atoms with E-state index in [9.17, 15) is 5.11 Å². The van der Waals surface area contributed by atoms with Crippen LogP contribution < -0.4 is 4.74 Å². The molecule has 0 unspecified atom stereocenters. The number of nitrogens with zero attached hydrogens (tertiary/aromatic N) is 1. The van der Waals surface area contributed by atoms with Crippen molar-refractivity contribution in [3.05, 3.63) is 65.2 Å². The van der Waals surface area contributed by atoms with E-state index in [0.29, 0.717) is 25.1 Å². The number of β-amino-alcohol motifs (C(OH)–C–C–N with tert-alkyl or cyclic N) is 1. The molecule has 5 heteroatoms. The summed E-state index contributed by atoms with van der Waals surface area (Å²) in [6.45, 7) is 6.52. The van der Waals surface area contributed by atoms with Gasteiger partial charge < -0.3 is 14.8 Å². The lowest BCUT2D eigenvalue weighted by atomic mass is 9.89. The van der Waals surface area contributed by atoms with Crippen molar-refractivity contribution in [2.24, 2.45) is 0 Å². The summed E-state index contributed by atoms with van der Waals surface area (Å²) in [5.74, 6) is 1.44. The number of aliphatic hydroxyl groups is 1. The molecule has 1 saturated heterocycles. The highest BCUT2D eigenvalue weighted by molar-refractivity contribution is 7.19. The van der Waals surface area contributed by atoms with Crippen LogP contribution in [0.2, 0.25) is 0 Å². The quantitative estimate of drug-likeness (QED) is 0.367. The summed E-state index contributed by atoms with van der Waals surface area (Å²) < 4.78 is 7.38. The lowest BCUT2D eigenvalue weighted by Crippen LogP contribution is -2.45. The molecule has 1 fully saturated rings. The molecule has 32 heavy (non-hydrogen) atoms. The summed E-state index contributed by atoms with van der Waals surface area (Å²) in [7, 11) is 0. The first-order chi connectivity index (χ1) is 15.6. The van der Waals surface area contributed by atoms with Gasteiger partial charge in [0, 0.05) is 39.3 Å². The van der Waals surface area contributed by atoms with Gasteiger partial charge in [0.05, 0.1) is 0 Å². The zero-order valence-electron chi connectivity index (χ0n) is 18.9. The number of hydrogen-bond acceptors (Lipinski definition) is 4. The molecule has 2 aromatic carbocycles. The Kier molecular flexibility index (Phi) is 6.22. The molecular formula is C27H32N2O2S. The number of rotatable bonds is 7. The van der Waals surface area contributed by atoms with Gasteiger partial charge in [0.15, 0.2) is 0 Å². The molecule has 5 rings (SSSR count). The van der Waals surface area contributed by atoms with Crippen molar-refractivity contribution in [1.29, 1.82) is 0 Å². The van der Waals surface area contributed by atoms with E-state index in [-0.39, 0.29) is 0 Å². The number of aryl methyl sites for hydroxylation is 1. The number of benzene rings is 2. The standard InChI is InChI=1S/C27H32N2O2S/c1-3-19-6-4-9-26-23(19)15-27(32-26)20-11-13-29(18(2)14-20)16-21(30)17-31-25-8-5-7-24-22(25)10-12-28-24/h4-10,12,15,18,20-21,28,30H,3,11,13-14,16-17H2,1-2H3/t18-,20-,21-/m0/s1. The van der Waals surface area contributed by atoms with Gasteiger partial charge in [-0.2, -0.15) is 0 Å². The van der Waals surface area contributed by atoms with Crippen molar-refractivity contribution in [1.82, 2.24) is 9.88 Å². The zero-order valence-corrected chi connectivity index (χ0v) is 19.7. The minimum Gasteiger partial charge on any atom is -0.490 e. The normalized spacial score (nSPS) is 20.7. The third-order valence-corrected chi connectivity index (χ3v) is 8.16. The Bertz CT molecular complexity index is 1200. The van der Waals surface area contributed by atoms with Crippen molar-refractivity contribution in [2.75, 3.05) is 19.7 Å². The molecule has 1 aliphatic rings. The highest BCUT2D eigenvalue weighted by Crippen LogP contribution is 2.39. The molecule has 0 spiro atoms. The van der Waals surface area contributed by atoms with E-state index in [1.807, 2.05) is 41.8 Å². The maximum atomic E-state index is 10.7. The number of H-pyrrole nitrogens is 1. The SMILES string of the molecule is CCc1cccc2sc([C@H]3CCN(C[C@H](O)COc4cccc5[nH]ccc45)[C@@H](C)C3)cc12. The molecule has 0 bridgehead atoms. The van der Waals surface area contributed by atoms with Crippen molar-refractivity contribution >= 4 is 32.3 Å². The van der Waals surface area contributed by atoms with Crippen LogP contribution in [0.1, 0.15) is 43.0 Å². The number of hydrogen-bond donors (Lipinski definition) is 2. The van der Waals surface area contributed by atoms with Crippen LogP contribution in [0.25, 0.3) is 21.0 Å². The van der Waals surface area contributed by atoms with Gasteiger partial charge in [-0.25, -0.2) is 0 Å². The Hall–Kier alpha value is -2.34. The minimum absolute atomic E-state index is 0.313. The second-order valence-corrected chi connectivity index (χ2v) is 10.2. The molecule has 2 N–H and O–H groups in total. The van der Waals surface area contributed by atoms with E-state index in [0.717, 1.165) is 42.5 Å². The summed E-state index contributed by atoms with van der Waals surface area (Å²) >= 11 is 1.97. The number of aromatic amines is 1. The lowest BCUT2D eigenvalue weighted by Gasteiger charge is -2.38. The first-order valence-electron chi connectivity index (χ1n) is 11.7. The topological polar surface area (TPSA) is 48.5 Å². The molecule has 0 radical (unpaired) electrons. The molecule has 168 valence electrons. The summed E-state index contributed by atoms with van der Waals surface area (Å²) in [5.41, 5.74) is 2.51. The van der Waals surface area contributed by atoms with E-state index >= 15 is 0 Å². The second kappa shape index (κ2) is 9.26. The van der Waals surface area contributed by atoms with Crippen LogP contribution in [-0.4, -0.2) is 46.8 Å². The number of aromatic nitrogens is 1. The Morgan fingerprint density at radius 3 is 2.91 bits per heavy atom. The van der Waals surface area contributed by atoms with Gasteiger partial charge in [0.1, 0.15) is 18.5 Å². The summed E-state index contributed by atoms with van der Waals surface area (Å²) in [4.78, 5) is 7.15. The third kappa shape index (κ3) is 4.29. The number of ether oxygens (including phenoxy) is 1. The third-order valence-electron chi connectivity index (χ3n) is 6.90. The van der Waals surface area contributed by atoms with Crippen LogP contribution in [0.15, 0.2) is 54.7 Å². The number of aliphatic hydroxyl groups excluding tert-OH is 1. The Balaban J connectivity index is 1.18. The number of likely N-dealkylation sites (tertiary alicyclic amines) is 1. The smallest absolute Gasteiger partial charge is 0.128 e. The van der Waals surface area contributed by atoms with Gasteiger partial charge in [-0.15, -0.1) is 11.3 Å². The molecule has 4 aromatic rings. The summed E-state index contributed by atoms with van der Waals surface area (Å²) in [6.07, 6.45) is 4.79. The molecule has 0 aliphatic carbocycles. The van der Waals surface area contributed by atoms with Crippen LogP contribution in [0, 0.1) is 0 Å². The van der Waals surface area contributed by atoms with Crippen LogP contribution in [0.3, 0.4) is 0 Å². The maximum absolute atomic E-state index is 10.7. The Labute approximate surface area is 193 Å². The highest BCUT2D eigenvalue weighted by atomic mass is 32.1. The van der Waals surface area contributed by atoms with Gasteiger partial charge >= 0.3 is 0 Å². The van der Waals surface area contributed by atoms with Gasteiger partial charge in [-0.05, 0) is 79.9 Å². The molecule has 3 heterocycles. The summed E-state index contributed by atoms with van der Waals surface area (Å²) in [5, 5.41) is 13.2. The average Bonchev–Trinajstić information content (AvgIpc) is 3.46. The Morgan fingerprint density at radius 2 is 2.06 bits per heavy atom. The van der Waals surface area contributed by atoms with Crippen molar-refractivity contribution in [2.45, 2.75) is 51.2 Å². The predicted octanol–water partition coefficient (Wildman–Crippen LogP) is 5.95. The van der Waals surface area contributed by atoms with Gasteiger partial charge in [-0.1, -0.05) is 25.1 Å². The number of nitrogens with one attached hydrogen (secondary N) is 1.